The Balaban J connectivity index is 1.60. The van der Waals surface area contributed by atoms with Crippen molar-refractivity contribution in [3.63, 3.8) is 0 Å². The Morgan fingerprint density at radius 2 is 2.00 bits per heavy atom. The highest BCUT2D eigenvalue weighted by Gasteiger charge is 2.17. The molecule has 1 fully saturated rings. The minimum absolute atomic E-state index is 0.0464. The zero-order valence-electron chi connectivity index (χ0n) is 14.9. The van der Waals surface area contributed by atoms with Crippen LogP contribution in [0.4, 0.5) is 20.2 Å². The molecule has 1 amide bonds. The second-order valence-electron chi connectivity index (χ2n) is 6.53. The average molecular weight is 384 g/mol. The smallest absolute Gasteiger partial charge is 0.221 e. The number of nitrogens with zero attached hydrogens (tertiary/aromatic N) is 2. The number of halogens is 2. The maximum Gasteiger partial charge on any atom is 0.221 e. The van der Waals surface area contributed by atoms with E-state index >= 15 is 0 Å². The van der Waals surface area contributed by atoms with E-state index in [1.54, 1.807) is 18.2 Å². The molecule has 6 nitrogen and oxygen atoms in total. The van der Waals surface area contributed by atoms with Gasteiger partial charge in [0.1, 0.15) is 11.6 Å². The van der Waals surface area contributed by atoms with Gasteiger partial charge in [0.15, 0.2) is 5.88 Å². The standard InChI is InChI=1S/C20H18F2N4O2/c21-14-2-1-3-16-19(14)13(20(28)25-16)11-24-12-4-5-17(15(22)10-12)26-8-6-18(27)23-7-9-26/h1-5,10-11,25,28H,6-9H2,(H,23,27). The Labute approximate surface area is 159 Å². The van der Waals surface area contributed by atoms with Crippen LogP contribution in [0.15, 0.2) is 41.4 Å². The summed E-state index contributed by atoms with van der Waals surface area (Å²) < 4.78 is 28.7. The van der Waals surface area contributed by atoms with Crippen molar-refractivity contribution in [2.45, 2.75) is 6.42 Å². The normalized spacial score (nSPS) is 15.2. The minimum atomic E-state index is -0.485. The van der Waals surface area contributed by atoms with Gasteiger partial charge in [-0.15, -0.1) is 0 Å². The van der Waals surface area contributed by atoms with Crippen molar-refractivity contribution < 1.29 is 18.7 Å². The average Bonchev–Trinajstić information content (AvgIpc) is 2.84. The molecule has 1 saturated heterocycles. The van der Waals surface area contributed by atoms with Crippen LogP contribution in [-0.4, -0.2) is 41.8 Å². The summed E-state index contributed by atoms with van der Waals surface area (Å²) in [4.78, 5) is 20.1. The molecule has 144 valence electrons. The number of anilines is 1. The van der Waals surface area contributed by atoms with E-state index in [2.05, 4.69) is 15.3 Å². The number of benzene rings is 2. The van der Waals surface area contributed by atoms with Gasteiger partial charge in [0, 0.05) is 43.7 Å². The van der Waals surface area contributed by atoms with Crippen molar-refractivity contribution in [3.05, 3.63) is 53.6 Å². The molecule has 0 spiro atoms. The van der Waals surface area contributed by atoms with Gasteiger partial charge in [-0.05, 0) is 24.3 Å². The van der Waals surface area contributed by atoms with Crippen LogP contribution in [0.2, 0.25) is 0 Å². The van der Waals surface area contributed by atoms with Gasteiger partial charge in [-0.2, -0.15) is 0 Å². The SMILES string of the molecule is O=C1CCN(c2ccc(N=Cc3c(O)[nH]c4cccc(F)c34)cc2F)CCN1. The number of H-pyrrole nitrogens is 1. The molecule has 0 unspecified atom stereocenters. The number of aromatic amines is 1. The molecule has 0 aliphatic carbocycles. The van der Waals surface area contributed by atoms with Gasteiger partial charge in [0.05, 0.1) is 22.5 Å². The number of carbonyl (C=O) groups is 1. The first-order valence-electron chi connectivity index (χ1n) is 8.87. The zero-order chi connectivity index (χ0) is 19.7. The Bertz CT molecular complexity index is 1080. The Morgan fingerprint density at radius 3 is 2.82 bits per heavy atom. The number of aromatic nitrogens is 1. The zero-order valence-corrected chi connectivity index (χ0v) is 14.9. The van der Waals surface area contributed by atoms with Crippen LogP contribution in [-0.2, 0) is 4.79 Å². The molecule has 3 aromatic rings. The molecule has 0 bridgehead atoms. The first kappa shape index (κ1) is 18.0. The molecule has 1 aliphatic rings. The van der Waals surface area contributed by atoms with Crippen LogP contribution in [0.3, 0.4) is 0 Å². The number of carbonyl (C=O) groups excluding carboxylic acids is 1. The highest BCUT2D eigenvalue weighted by Crippen LogP contribution is 2.29. The molecule has 1 aliphatic heterocycles. The second kappa shape index (κ2) is 7.30. The van der Waals surface area contributed by atoms with E-state index in [1.165, 1.54) is 24.4 Å². The summed E-state index contributed by atoms with van der Waals surface area (Å²) in [6.07, 6.45) is 1.62. The van der Waals surface area contributed by atoms with Gasteiger partial charge in [-0.3, -0.25) is 9.79 Å². The molecule has 1 aromatic heterocycles. The lowest BCUT2D eigenvalue weighted by atomic mass is 10.1. The maximum atomic E-state index is 14.6. The van der Waals surface area contributed by atoms with Crippen LogP contribution >= 0.6 is 0 Å². The Kier molecular flexibility index (Phi) is 4.68. The second-order valence-corrected chi connectivity index (χ2v) is 6.53. The number of aromatic hydroxyl groups is 1. The van der Waals surface area contributed by atoms with Gasteiger partial charge in [0.2, 0.25) is 5.91 Å². The van der Waals surface area contributed by atoms with E-state index in [0.29, 0.717) is 42.9 Å². The van der Waals surface area contributed by atoms with Gasteiger partial charge in [0.25, 0.3) is 0 Å². The number of hydrogen-bond donors (Lipinski definition) is 3. The summed E-state index contributed by atoms with van der Waals surface area (Å²) in [5, 5.41) is 13.0. The third-order valence-corrected chi connectivity index (χ3v) is 4.72. The highest BCUT2D eigenvalue weighted by molar-refractivity contribution is 6.02. The summed E-state index contributed by atoms with van der Waals surface area (Å²) in [6.45, 7) is 1.42. The topological polar surface area (TPSA) is 80.7 Å². The van der Waals surface area contributed by atoms with Gasteiger partial charge in [-0.1, -0.05) is 6.07 Å². The Morgan fingerprint density at radius 1 is 1.14 bits per heavy atom. The maximum absolute atomic E-state index is 14.6. The molecule has 0 radical (unpaired) electrons. The highest BCUT2D eigenvalue weighted by atomic mass is 19.1. The number of aliphatic imine (C=N–C) groups is 1. The summed E-state index contributed by atoms with van der Waals surface area (Å²) in [5.41, 5.74) is 1.38. The van der Waals surface area contributed by atoms with Crippen molar-refractivity contribution in [2.75, 3.05) is 24.5 Å². The third kappa shape index (κ3) is 3.40. The first-order valence-corrected chi connectivity index (χ1v) is 8.87. The Hall–Kier alpha value is -3.42. The van der Waals surface area contributed by atoms with Gasteiger partial charge < -0.3 is 20.3 Å². The lowest BCUT2D eigenvalue weighted by molar-refractivity contribution is -0.120. The van der Waals surface area contributed by atoms with Crippen molar-refractivity contribution >= 4 is 34.4 Å². The largest absolute Gasteiger partial charge is 0.494 e. The molecule has 28 heavy (non-hydrogen) atoms. The molecular formula is C20H18F2N4O2. The molecule has 3 N–H and O–H groups in total. The van der Waals surface area contributed by atoms with Crippen LogP contribution in [0.25, 0.3) is 10.9 Å². The van der Waals surface area contributed by atoms with E-state index in [4.69, 9.17) is 0 Å². The van der Waals surface area contributed by atoms with Crippen LogP contribution in [0.1, 0.15) is 12.0 Å². The lowest BCUT2D eigenvalue weighted by Gasteiger charge is -2.22. The quantitative estimate of drug-likeness (QED) is 0.607. The van der Waals surface area contributed by atoms with E-state index in [-0.39, 0.29) is 22.7 Å². The number of amides is 1. The molecule has 0 saturated carbocycles. The number of rotatable bonds is 3. The van der Waals surface area contributed by atoms with Crippen molar-refractivity contribution in [2.24, 2.45) is 4.99 Å². The predicted molar refractivity (Wildman–Crippen MR) is 103 cm³/mol. The first-order chi connectivity index (χ1) is 13.5. The monoisotopic (exact) mass is 384 g/mol. The number of nitrogens with one attached hydrogen (secondary N) is 2. The van der Waals surface area contributed by atoms with E-state index in [9.17, 15) is 18.7 Å². The van der Waals surface area contributed by atoms with Crippen LogP contribution in [0.5, 0.6) is 5.88 Å². The van der Waals surface area contributed by atoms with Gasteiger partial charge >= 0.3 is 0 Å². The minimum Gasteiger partial charge on any atom is -0.494 e. The predicted octanol–water partition coefficient (Wildman–Crippen LogP) is 3.23. The van der Waals surface area contributed by atoms with E-state index in [0.717, 1.165) is 0 Å². The summed E-state index contributed by atoms with van der Waals surface area (Å²) in [7, 11) is 0. The summed E-state index contributed by atoms with van der Waals surface area (Å²) >= 11 is 0. The fourth-order valence-electron chi connectivity index (χ4n) is 3.32. The molecule has 0 atom stereocenters. The van der Waals surface area contributed by atoms with Crippen molar-refractivity contribution in [1.82, 2.24) is 10.3 Å². The number of fused-ring (bicyclic) bond motifs is 1. The molecule has 2 aromatic carbocycles. The molecular weight excluding hydrogens is 366 g/mol. The fourth-order valence-corrected chi connectivity index (χ4v) is 3.32. The third-order valence-electron chi connectivity index (χ3n) is 4.72. The van der Waals surface area contributed by atoms with E-state index < -0.39 is 11.6 Å². The number of hydrogen-bond acceptors (Lipinski definition) is 4. The van der Waals surface area contributed by atoms with E-state index in [1.807, 2.05) is 4.90 Å². The van der Waals surface area contributed by atoms with Crippen molar-refractivity contribution in [1.29, 1.82) is 0 Å². The summed E-state index contributed by atoms with van der Waals surface area (Å²) in [6, 6.07) is 8.99. The van der Waals surface area contributed by atoms with Crippen molar-refractivity contribution in [3.8, 4) is 5.88 Å². The van der Waals surface area contributed by atoms with Gasteiger partial charge in [-0.25, -0.2) is 8.78 Å². The van der Waals surface area contributed by atoms with Crippen LogP contribution in [0, 0.1) is 11.6 Å². The molecule has 2 heterocycles. The summed E-state index contributed by atoms with van der Waals surface area (Å²) in [5.74, 6) is -1.20. The van der Waals surface area contributed by atoms with Crippen LogP contribution < -0.4 is 10.2 Å². The fraction of sp³-hybridized carbons (Fsp3) is 0.200. The lowest BCUT2D eigenvalue weighted by Crippen LogP contribution is -2.28. The molecule has 4 rings (SSSR count). The molecule has 8 heteroatoms.